The first-order valence-corrected chi connectivity index (χ1v) is 10.5. The first-order valence-electron chi connectivity index (χ1n) is 9.73. The van der Waals surface area contributed by atoms with Crippen LogP contribution in [0.2, 0.25) is 0 Å². The Morgan fingerprint density at radius 1 is 1.10 bits per heavy atom. The summed E-state index contributed by atoms with van der Waals surface area (Å²) in [5.74, 6) is 0.289. The van der Waals surface area contributed by atoms with E-state index in [1.54, 1.807) is 19.9 Å². The fourth-order valence-corrected chi connectivity index (χ4v) is 3.96. The number of carbonyl (C=O) groups is 2. The Morgan fingerprint density at radius 3 is 2.52 bits per heavy atom. The molecule has 2 heterocycles. The Morgan fingerprint density at radius 2 is 1.84 bits per heavy atom. The maximum atomic E-state index is 12.1. The van der Waals surface area contributed by atoms with Crippen LogP contribution < -0.4 is 10.5 Å². The number of nitrogens with two attached hydrogens (primary N) is 1. The zero-order chi connectivity index (χ0) is 22.4. The molecule has 0 spiro atoms. The van der Waals surface area contributed by atoms with E-state index in [1.165, 1.54) is 17.4 Å². The molecule has 31 heavy (non-hydrogen) atoms. The smallest absolute Gasteiger partial charge is 0.348 e. The minimum absolute atomic E-state index is 0.141. The van der Waals surface area contributed by atoms with Crippen LogP contribution in [0.15, 0.2) is 30.3 Å². The van der Waals surface area contributed by atoms with Crippen molar-refractivity contribution in [1.29, 1.82) is 0 Å². The topological polar surface area (TPSA) is 114 Å². The van der Waals surface area contributed by atoms with Crippen molar-refractivity contribution in [2.75, 3.05) is 18.9 Å². The van der Waals surface area contributed by atoms with E-state index in [0.717, 1.165) is 11.3 Å². The molecule has 0 amide bonds. The van der Waals surface area contributed by atoms with Crippen LogP contribution in [-0.4, -0.2) is 35.1 Å². The van der Waals surface area contributed by atoms with Crippen molar-refractivity contribution >= 4 is 45.4 Å². The number of nitrogen functional groups attached to an aromatic ring is 1. The van der Waals surface area contributed by atoms with Crippen molar-refractivity contribution in [3.05, 3.63) is 52.2 Å². The van der Waals surface area contributed by atoms with E-state index in [0.29, 0.717) is 27.3 Å². The lowest BCUT2D eigenvalue weighted by atomic mass is 10.2. The zero-order valence-corrected chi connectivity index (χ0v) is 18.3. The number of carbonyl (C=O) groups excluding carboxylic acids is 2. The van der Waals surface area contributed by atoms with Crippen LogP contribution in [0.4, 0.5) is 5.82 Å². The lowest BCUT2D eigenvalue weighted by Gasteiger charge is -2.04. The predicted octanol–water partition coefficient (Wildman–Crippen LogP) is 3.91. The second-order valence-corrected chi connectivity index (χ2v) is 7.42. The third-order valence-corrected chi connectivity index (χ3v) is 5.44. The van der Waals surface area contributed by atoms with E-state index in [-0.39, 0.29) is 24.9 Å². The van der Waals surface area contributed by atoms with Gasteiger partial charge in [-0.3, -0.25) is 0 Å². The molecule has 2 N–H and O–H groups in total. The summed E-state index contributed by atoms with van der Waals surface area (Å²) in [6.07, 6.45) is 2.97. The van der Waals surface area contributed by atoms with Gasteiger partial charge in [0.2, 0.25) is 0 Å². The Labute approximate surface area is 183 Å². The number of aryl methyl sites for hydroxylation is 1. The summed E-state index contributed by atoms with van der Waals surface area (Å²) >= 11 is 1.18. The van der Waals surface area contributed by atoms with Gasteiger partial charge in [-0.05, 0) is 50.1 Å². The predicted molar refractivity (Wildman–Crippen MR) is 119 cm³/mol. The number of anilines is 1. The summed E-state index contributed by atoms with van der Waals surface area (Å²) in [6.45, 7) is 6.16. The van der Waals surface area contributed by atoms with E-state index in [9.17, 15) is 9.59 Å². The van der Waals surface area contributed by atoms with Crippen molar-refractivity contribution in [2.24, 2.45) is 0 Å². The average Bonchev–Trinajstić information content (AvgIpc) is 3.09. The van der Waals surface area contributed by atoms with Gasteiger partial charge in [0.15, 0.2) is 12.4 Å². The molecule has 0 aliphatic carbocycles. The van der Waals surface area contributed by atoms with E-state index in [2.05, 4.69) is 9.97 Å². The molecular formula is C22H23N3O5S. The van der Waals surface area contributed by atoms with Gasteiger partial charge in [0.25, 0.3) is 0 Å². The van der Waals surface area contributed by atoms with E-state index >= 15 is 0 Å². The Balaban J connectivity index is 1.67. The number of hydrogen-bond acceptors (Lipinski definition) is 9. The molecule has 0 bridgehead atoms. The van der Waals surface area contributed by atoms with Crippen LogP contribution in [-0.2, 0) is 20.9 Å². The molecule has 0 aliphatic heterocycles. The Kier molecular flexibility index (Phi) is 7.19. The molecule has 8 nitrogen and oxygen atoms in total. The van der Waals surface area contributed by atoms with E-state index < -0.39 is 11.9 Å². The minimum Gasteiger partial charge on any atom is -0.494 e. The molecule has 0 unspecified atom stereocenters. The van der Waals surface area contributed by atoms with Gasteiger partial charge < -0.3 is 19.9 Å². The fraction of sp³-hybridized carbons (Fsp3) is 0.273. The summed E-state index contributed by atoms with van der Waals surface area (Å²) < 4.78 is 15.7. The lowest BCUT2D eigenvalue weighted by Crippen LogP contribution is -2.06. The number of hydrogen-bond donors (Lipinski definition) is 1. The molecule has 2 aromatic heterocycles. The van der Waals surface area contributed by atoms with Crippen molar-refractivity contribution < 1.29 is 23.8 Å². The standard InChI is InChI=1S/C22H23N3O5S/c1-4-28-15-9-6-14(7-10-15)8-11-17(26)30-12-16-24-20(23)18-13(3)19(22(27)29-5-2)31-21(18)25-16/h6-11H,4-5,12H2,1-3H3,(H2,23,24,25)/b11-8+. The van der Waals surface area contributed by atoms with Gasteiger partial charge in [0, 0.05) is 6.08 Å². The van der Waals surface area contributed by atoms with Crippen LogP contribution in [0.5, 0.6) is 5.75 Å². The number of fused-ring (bicyclic) bond motifs is 1. The maximum absolute atomic E-state index is 12.1. The zero-order valence-electron chi connectivity index (χ0n) is 17.5. The van der Waals surface area contributed by atoms with Gasteiger partial charge in [-0.15, -0.1) is 11.3 Å². The van der Waals surface area contributed by atoms with E-state index in [4.69, 9.17) is 19.9 Å². The normalized spacial score (nSPS) is 11.1. The highest BCUT2D eigenvalue weighted by Crippen LogP contribution is 2.33. The molecule has 0 radical (unpaired) electrons. The number of benzene rings is 1. The SMILES string of the molecule is CCOC(=O)c1sc2nc(COC(=O)/C=C/c3ccc(OCC)cc3)nc(N)c2c1C. The second kappa shape index (κ2) is 10.0. The van der Waals surface area contributed by atoms with Crippen molar-refractivity contribution in [1.82, 2.24) is 9.97 Å². The third kappa shape index (κ3) is 5.37. The minimum atomic E-state index is -0.536. The monoisotopic (exact) mass is 441 g/mol. The van der Waals surface area contributed by atoms with Gasteiger partial charge in [0.05, 0.1) is 18.6 Å². The number of nitrogens with zero attached hydrogens (tertiary/aromatic N) is 2. The van der Waals surface area contributed by atoms with Gasteiger partial charge in [-0.25, -0.2) is 19.6 Å². The fourth-order valence-electron chi connectivity index (χ4n) is 2.86. The number of esters is 2. The summed E-state index contributed by atoms with van der Waals surface area (Å²) in [7, 11) is 0. The van der Waals surface area contributed by atoms with Crippen LogP contribution in [0.25, 0.3) is 16.3 Å². The third-order valence-electron chi connectivity index (χ3n) is 4.27. The van der Waals surface area contributed by atoms with Gasteiger partial charge in [-0.2, -0.15) is 0 Å². The summed E-state index contributed by atoms with van der Waals surface area (Å²) in [5.41, 5.74) is 7.57. The molecule has 0 saturated heterocycles. The second-order valence-electron chi connectivity index (χ2n) is 6.42. The quantitative estimate of drug-likeness (QED) is 0.413. The molecule has 0 aliphatic rings. The molecule has 9 heteroatoms. The Hall–Kier alpha value is -3.46. The molecule has 0 atom stereocenters. The summed E-state index contributed by atoms with van der Waals surface area (Å²) in [4.78, 5) is 33.7. The van der Waals surface area contributed by atoms with Gasteiger partial charge in [0.1, 0.15) is 21.3 Å². The highest BCUT2D eigenvalue weighted by atomic mass is 32.1. The van der Waals surface area contributed by atoms with Crippen LogP contribution >= 0.6 is 11.3 Å². The number of aromatic nitrogens is 2. The summed E-state index contributed by atoms with van der Waals surface area (Å²) in [6, 6.07) is 7.33. The first kappa shape index (κ1) is 22.2. The number of rotatable bonds is 8. The molecule has 0 saturated carbocycles. The molecular weight excluding hydrogens is 418 g/mol. The lowest BCUT2D eigenvalue weighted by molar-refractivity contribution is -0.139. The molecule has 1 aromatic carbocycles. The molecule has 3 rings (SSSR count). The van der Waals surface area contributed by atoms with Crippen LogP contribution in [0, 0.1) is 6.92 Å². The Bertz CT molecular complexity index is 1120. The first-order chi connectivity index (χ1) is 14.9. The van der Waals surface area contributed by atoms with E-state index in [1.807, 2.05) is 31.2 Å². The average molecular weight is 442 g/mol. The molecule has 0 fully saturated rings. The largest absolute Gasteiger partial charge is 0.494 e. The van der Waals surface area contributed by atoms with Gasteiger partial charge in [-0.1, -0.05) is 12.1 Å². The molecule has 3 aromatic rings. The molecule has 162 valence electrons. The maximum Gasteiger partial charge on any atom is 0.348 e. The van der Waals surface area contributed by atoms with Crippen molar-refractivity contribution in [3.8, 4) is 5.75 Å². The number of thiophene rings is 1. The van der Waals surface area contributed by atoms with Crippen LogP contribution in [0.3, 0.4) is 0 Å². The number of ether oxygens (including phenoxy) is 3. The van der Waals surface area contributed by atoms with Gasteiger partial charge >= 0.3 is 11.9 Å². The van der Waals surface area contributed by atoms with Crippen molar-refractivity contribution in [2.45, 2.75) is 27.4 Å². The van der Waals surface area contributed by atoms with Crippen molar-refractivity contribution in [3.63, 3.8) is 0 Å². The highest BCUT2D eigenvalue weighted by molar-refractivity contribution is 7.20. The summed E-state index contributed by atoms with van der Waals surface area (Å²) in [5, 5.41) is 0.610. The highest BCUT2D eigenvalue weighted by Gasteiger charge is 2.20. The van der Waals surface area contributed by atoms with Crippen LogP contribution in [0.1, 0.15) is 40.5 Å².